The number of amides is 2. The Balaban J connectivity index is 2.58. The van der Waals surface area contributed by atoms with E-state index in [1.54, 1.807) is 0 Å². The van der Waals surface area contributed by atoms with E-state index in [2.05, 4.69) is 45.3 Å². The first kappa shape index (κ1) is 97.2. The third-order valence-electron chi connectivity index (χ3n) is 20.4. The average Bonchev–Trinajstić information content (AvgIpc) is 0.782. The van der Waals surface area contributed by atoms with Gasteiger partial charge in [-0.3, -0.25) is 28.5 Å². The summed E-state index contributed by atoms with van der Waals surface area (Å²) in [7, 11) is -5.55. The number of esters is 3. The Kier molecular flexibility index (Phi) is 58.7. The Hall–Kier alpha value is -2.90. The molecule has 2 fully saturated rings. The zero-order valence-corrected chi connectivity index (χ0v) is 66.4. The molecule has 0 spiro atoms. The number of nitrogens with one attached hydrogen (secondary N) is 2. The molecule has 0 radical (unpaired) electrons. The normalized spacial score (nSPS) is 21.8. The Morgan fingerprint density at radius 2 is 0.750 bits per heavy atom. The van der Waals surface area contributed by atoms with Crippen molar-refractivity contribution < 1.29 is 102 Å². The molecule has 24 heteroatoms. The van der Waals surface area contributed by atoms with Gasteiger partial charge in [-0.15, -0.1) is 0 Å². The molecule has 2 aliphatic rings. The molecule has 612 valence electrons. The summed E-state index contributed by atoms with van der Waals surface area (Å²) in [5.74, 6) is -4.07. The topological polar surface area (TPSA) is 353 Å². The van der Waals surface area contributed by atoms with Gasteiger partial charge in [-0.05, 0) is 38.5 Å². The first-order chi connectivity index (χ1) is 50.2. The second-order valence-electron chi connectivity index (χ2n) is 30.2. The van der Waals surface area contributed by atoms with Crippen molar-refractivity contribution in [3.05, 3.63) is 0 Å². The molecule has 0 saturated carbocycles. The highest BCUT2D eigenvalue weighted by atomic mass is 31.2. The van der Waals surface area contributed by atoms with Crippen molar-refractivity contribution in [1.82, 2.24) is 10.6 Å². The molecule has 0 aromatic carbocycles. The van der Waals surface area contributed by atoms with Crippen LogP contribution in [0.2, 0.25) is 0 Å². The van der Waals surface area contributed by atoms with Crippen LogP contribution >= 0.6 is 7.82 Å². The number of ether oxygens (including phenoxy) is 6. The van der Waals surface area contributed by atoms with Gasteiger partial charge < -0.3 is 79.5 Å². The van der Waals surface area contributed by atoms with E-state index in [0.717, 1.165) is 161 Å². The Labute approximate surface area is 627 Å². The number of aliphatic hydroxyl groups is 6. The van der Waals surface area contributed by atoms with Crippen LogP contribution in [0.3, 0.4) is 0 Å². The number of hydrogen-bond acceptors (Lipinski definition) is 19. The lowest BCUT2D eigenvalue weighted by atomic mass is 9.95. The summed E-state index contributed by atoms with van der Waals surface area (Å²) >= 11 is 0. The van der Waals surface area contributed by atoms with Crippen LogP contribution in [0.25, 0.3) is 0 Å². The fourth-order valence-corrected chi connectivity index (χ4v) is 14.7. The van der Waals surface area contributed by atoms with Gasteiger partial charge in [-0.2, -0.15) is 0 Å². The summed E-state index contributed by atoms with van der Waals surface area (Å²) in [5.41, 5.74) is 0. The van der Waals surface area contributed by atoms with Gasteiger partial charge in [0.15, 0.2) is 24.8 Å². The highest BCUT2D eigenvalue weighted by molar-refractivity contribution is 7.46. The first-order valence-corrected chi connectivity index (χ1v) is 43.6. The molecule has 2 saturated heterocycles. The van der Waals surface area contributed by atoms with Crippen LogP contribution in [-0.4, -0.2) is 169 Å². The number of phosphoric acid groups is 1. The molecule has 0 aliphatic carbocycles. The third-order valence-corrected chi connectivity index (χ3v) is 20.9. The summed E-state index contributed by atoms with van der Waals surface area (Å²) in [4.78, 5) is 90.8. The molecule has 23 nitrogen and oxygen atoms in total. The summed E-state index contributed by atoms with van der Waals surface area (Å²) in [6, 6.07) is -3.41. The average molecular weight is 1510 g/mol. The van der Waals surface area contributed by atoms with E-state index < -0.39 is 162 Å². The number of phosphoric ester groups is 1. The van der Waals surface area contributed by atoms with E-state index >= 15 is 0 Å². The molecule has 2 rings (SSSR count). The molecule has 14 atom stereocenters. The predicted octanol–water partition coefficient (Wildman–Crippen LogP) is 15.2. The molecule has 2 amide bonds. The number of rotatable bonds is 69. The van der Waals surface area contributed by atoms with Gasteiger partial charge in [0.1, 0.15) is 42.6 Å². The van der Waals surface area contributed by atoms with E-state index in [1.165, 1.54) is 96.3 Å². The summed E-state index contributed by atoms with van der Waals surface area (Å²) in [6.07, 6.45) is 26.5. The first-order valence-electron chi connectivity index (χ1n) is 42.0. The SMILES string of the molecule is CCCCCCCCCCCC(=O)O[C@H](CCCCCCCCCCC)CC(=O)NC1[C@H](OCC2O[C@H](O)C(NC(=O)C[C@H](O)CCCCCCCCCCC)[C@@H](OC(=O)C[C@H](O)CCCCCCCCCCC)[C@@H]2O)OC(CO)[C@@H](OP(=O)(O)O)[C@@H]1OC(=O)C[C@H](O)CCCCCCCCCCC. The van der Waals surface area contributed by atoms with Crippen molar-refractivity contribution in [2.24, 2.45) is 0 Å². The van der Waals surface area contributed by atoms with E-state index in [4.69, 9.17) is 32.9 Å². The molecule has 0 aromatic rings. The van der Waals surface area contributed by atoms with Crippen molar-refractivity contribution >= 4 is 37.5 Å². The summed E-state index contributed by atoms with van der Waals surface area (Å²) in [5, 5.41) is 73.5. The maximum atomic E-state index is 14.8. The predicted molar refractivity (Wildman–Crippen MR) is 405 cm³/mol. The quantitative estimate of drug-likeness (QED) is 0.0117. The standard InChI is InChI=1S/C80H151N2O21P/c1-6-11-16-21-26-31-36-41-46-51-62(84)56-68(87)81-73-77(101-71(90)57-63(85)52-47-42-37-32-27-22-17-12-7-2)75(92)67(99-79(73)93)61-97-80-74(78(76(66(60-83)100-80)103-104(94,95)96)102-72(91)58-64(86)53-48-43-38-33-28-23-18-13-8-3)82-69(88)59-65(54-49-44-39-34-29-24-19-14-9-4)98-70(89)55-50-45-40-35-30-25-20-15-10-5/h62-67,73-80,83-86,92-93H,6-61H2,1-5H3,(H,81,87)(H,82,88)(H2,94,95,96)/t62-,63-,64-,65-,66?,67?,73?,74?,75-,76-,77-,78-,79+,80-/m1/s1. The van der Waals surface area contributed by atoms with Crippen LogP contribution in [0.5, 0.6) is 0 Å². The van der Waals surface area contributed by atoms with Crippen LogP contribution in [0.15, 0.2) is 0 Å². The molecule has 0 bridgehead atoms. The van der Waals surface area contributed by atoms with Gasteiger partial charge in [0.05, 0.1) is 57.2 Å². The van der Waals surface area contributed by atoms with Crippen LogP contribution in [0.1, 0.15) is 381 Å². The lowest BCUT2D eigenvalue weighted by Crippen LogP contribution is -2.68. The monoisotopic (exact) mass is 1510 g/mol. The van der Waals surface area contributed by atoms with Gasteiger partial charge in [0.25, 0.3) is 0 Å². The lowest BCUT2D eigenvalue weighted by molar-refractivity contribution is -0.298. The summed E-state index contributed by atoms with van der Waals surface area (Å²) in [6.45, 7) is 9.03. The third kappa shape index (κ3) is 48.6. The summed E-state index contributed by atoms with van der Waals surface area (Å²) < 4.78 is 54.4. The highest BCUT2D eigenvalue weighted by Crippen LogP contribution is 2.43. The minimum Gasteiger partial charge on any atom is -0.462 e. The molecular weight excluding hydrogens is 1360 g/mol. The van der Waals surface area contributed by atoms with Gasteiger partial charge in [0.2, 0.25) is 11.8 Å². The Morgan fingerprint density at radius 3 is 1.14 bits per heavy atom. The van der Waals surface area contributed by atoms with Crippen LogP contribution in [0, 0.1) is 0 Å². The number of carbonyl (C=O) groups excluding carboxylic acids is 5. The van der Waals surface area contributed by atoms with Crippen molar-refractivity contribution in [3.63, 3.8) is 0 Å². The fourth-order valence-electron chi connectivity index (χ4n) is 14.1. The molecule has 0 aromatic heterocycles. The maximum absolute atomic E-state index is 14.8. The van der Waals surface area contributed by atoms with Crippen molar-refractivity contribution in [2.75, 3.05) is 13.2 Å². The lowest BCUT2D eigenvalue weighted by Gasteiger charge is -2.46. The van der Waals surface area contributed by atoms with Crippen molar-refractivity contribution in [1.29, 1.82) is 0 Å². The van der Waals surface area contributed by atoms with Gasteiger partial charge in [0, 0.05) is 6.42 Å². The molecule has 104 heavy (non-hydrogen) atoms. The smallest absolute Gasteiger partial charge is 0.462 e. The largest absolute Gasteiger partial charge is 0.470 e. The zero-order chi connectivity index (χ0) is 76.4. The van der Waals surface area contributed by atoms with Gasteiger partial charge >= 0.3 is 25.7 Å². The number of aliphatic hydroxyl groups excluding tert-OH is 6. The minimum atomic E-state index is -5.55. The van der Waals surface area contributed by atoms with E-state index in [0.29, 0.717) is 44.9 Å². The second-order valence-corrected chi connectivity index (χ2v) is 31.4. The molecular formula is C80H151N2O21P. The van der Waals surface area contributed by atoms with E-state index in [1.807, 2.05) is 0 Å². The highest BCUT2D eigenvalue weighted by Gasteiger charge is 2.54. The zero-order valence-electron chi connectivity index (χ0n) is 65.5. The molecule has 2 heterocycles. The van der Waals surface area contributed by atoms with E-state index in [9.17, 15) is 69.0 Å². The number of hydrogen-bond donors (Lipinski definition) is 10. The van der Waals surface area contributed by atoms with Crippen LogP contribution < -0.4 is 10.6 Å². The van der Waals surface area contributed by atoms with Crippen LogP contribution in [-0.2, 0) is 61.5 Å². The van der Waals surface area contributed by atoms with Gasteiger partial charge in [-0.25, -0.2) is 4.57 Å². The number of unbranched alkanes of at least 4 members (excludes halogenated alkanes) is 40. The minimum absolute atomic E-state index is 0.131. The molecule has 10 N–H and O–H groups in total. The van der Waals surface area contributed by atoms with Crippen molar-refractivity contribution in [3.8, 4) is 0 Å². The number of carbonyl (C=O) groups is 5. The molecule has 2 aliphatic heterocycles. The van der Waals surface area contributed by atoms with Crippen LogP contribution in [0.4, 0.5) is 0 Å². The van der Waals surface area contributed by atoms with Gasteiger partial charge in [-0.1, -0.05) is 311 Å². The maximum Gasteiger partial charge on any atom is 0.470 e. The Morgan fingerprint density at radius 1 is 0.404 bits per heavy atom. The second kappa shape index (κ2) is 62.8. The van der Waals surface area contributed by atoms with E-state index in [-0.39, 0.29) is 19.3 Å². The Bertz CT molecular complexity index is 2180. The van der Waals surface area contributed by atoms with Crippen molar-refractivity contribution in [2.45, 2.75) is 467 Å². The molecule has 4 unspecified atom stereocenters. The fraction of sp³-hybridized carbons (Fsp3) is 0.938.